The fourth-order valence-corrected chi connectivity index (χ4v) is 2.58. The number of hydrogen-bond acceptors (Lipinski definition) is 8. The van der Waals surface area contributed by atoms with Gasteiger partial charge in [0.25, 0.3) is 0 Å². The lowest BCUT2D eigenvalue weighted by atomic mass is 10.0. The molecule has 2 aromatic carbocycles. The van der Waals surface area contributed by atoms with Crippen LogP contribution in [0.1, 0.15) is 29.3 Å². The molecule has 0 spiro atoms. The summed E-state index contributed by atoms with van der Waals surface area (Å²) in [4.78, 5) is 23.9. The molecule has 0 aliphatic rings. The second kappa shape index (κ2) is 9.50. The first-order valence-electron chi connectivity index (χ1n) is 8.59. The number of hydrogen-bond donors (Lipinski definition) is 3. The molecule has 0 bridgehead atoms. The lowest BCUT2D eigenvalue weighted by Crippen LogP contribution is -2.15. The molecule has 0 aliphatic heterocycles. The molecule has 8 heteroatoms. The van der Waals surface area contributed by atoms with E-state index in [1.807, 2.05) is 0 Å². The summed E-state index contributed by atoms with van der Waals surface area (Å²) in [6.07, 6.45) is 0.0930. The van der Waals surface area contributed by atoms with E-state index >= 15 is 0 Å². The van der Waals surface area contributed by atoms with Crippen LogP contribution in [0.4, 0.5) is 0 Å². The minimum absolute atomic E-state index is 0.000128. The molecule has 28 heavy (non-hydrogen) atoms. The molecule has 0 saturated carbocycles. The van der Waals surface area contributed by atoms with E-state index in [1.165, 1.54) is 31.4 Å². The number of ketones is 1. The Morgan fingerprint density at radius 3 is 2.39 bits per heavy atom. The summed E-state index contributed by atoms with van der Waals surface area (Å²) in [5.74, 6) is -1.20. The third-order valence-electron chi connectivity index (χ3n) is 3.92. The summed E-state index contributed by atoms with van der Waals surface area (Å²) in [6.45, 7) is 1.46. The normalized spacial score (nSPS) is 10.4. The van der Waals surface area contributed by atoms with Crippen LogP contribution in [0.2, 0.25) is 0 Å². The van der Waals surface area contributed by atoms with E-state index in [4.69, 9.17) is 14.2 Å². The maximum absolute atomic E-state index is 12.4. The number of methoxy groups -OCH3 is 1. The highest BCUT2D eigenvalue weighted by molar-refractivity contribution is 5.96. The molecule has 0 atom stereocenters. The molecule has 0 saturated heterocycles. The molecule has 2 rings (SSSR count). The Bertz CT molecular complexity index is 860. The van der Waals surface area contributed by atoms with Crippen LogP contribution >= 0.6 is 0 Å². The number of carbonyl (C=O) groups is 2. The van der Waals surface area contributed by atoms with Crippen molar-refractivity contribution < 1.29 is 39.1 Å². The number of aromatic hydroxyl groups is 3. The third kappa shape index (κ3) is 5.29. The first-order valence-corrected chi connectivity index (χ1v) is 8.59. The van der Waals surface area contributed by atoms with Crippen molar-refractivity contribution in [3.8, 4) is 28.7 Å². The molecule has 2 aromatic rings. The van der Waals surface area contributed by atoms with E-state index in [2.05, 4.69) is 0 Å². The second-order valence-electron chi connectivity index (χ2n) is 5.85. The van der Waals surface area contributed by atoms with Gasteiger partial charge < -0.3 is 29.5 Å². The molecule has 150 valence electrons. The van der Waals surface area contributed by atoms with Gasteiger partial charge in [0.2, 0.25) is 0 Å². The first-order chi connectivity index (χ1) is 13.3. The Morgan fingerprint density at radius 2 is 1.75 bits per heavy atom. The molecule has 0 heterocycles. The average Bonchev–Trinajstić information content (AvgIpc) is 2.65. The number of phenols is 3. The van der Waals surface area contributed by atoms with E-state index < -0.39 is 12.6 Å². The largest absolute Gasteiger partial charge is 0.508 e. The van der Waals surface area contributed by atoms with Crippen molar-refractivity contribution in [2.75, 3.05) is 20.3 Å². The number of ether oxygens (including phenoxy) is 3. The molecule has 3 N–H and O–H groups in total. The lowest BCUT2D eigenvalue weighted by Gasteiger charge is -2.13. The number of rotatable bonds is 9. The number of esters is 1. The van der Waals surface area contributed by atoms with Crippen LogP contribution in [0.15, 0.2) is 30.3 Å². The van der Waals surface area contributed by atoms with Crippen LogP contribution in [0.5, 0.6) is 28.7 Å². The fourth-order valence-electron chi connectivity index (χ4n) is 2.58. The SMILES string of the molecule is CCOC(=O)COc1cc(O)cc(O)c1CCC(=O)c1ccc(OC)c(O)c1. The average molecular weight is 390 g/mol. The predicted octanol–water partition coefficient (Wildman–Crippen LogP) is 2.57. The summed E-state index contributed by atoms with van der Waals surface area (Å²) in [7, 11) is 1.40. The van der Waals surface area contributed by atoms with Gasteiger partial charge >= 0.3 is 5.97 Å². The van der Waals surface area contributed by atoms with Gasteiger partial charge in [0.1, 0.15) is 17.2 Å². The van der Waals surface area contributed by atoms with Gasteiger partial charge in [-0.15, -0.1) is 0 Å². The van der Waals surface area contributed by atoms with Crippen LogP contribution in [0.3, 0.4) is 0 Å². The molecule has 0 amide bonds. The Labute approximate surface area is 161 Å². The van der Waals surface area contributed by atoms with Gasteiger partial charge in [-0.2, -0.15) is 0 Å². The standard InChI is InChI=1S/C20H22O8/c1-3-27-20(25)11-28-19-10-13(21)9-16(23)14(19)5-6-15(22)12-4-7-18(26-2)17(24)8-12/h4,7-10,21,23-24H,3,5-6,11H2,1-2H3. The Balaban J connectivity index is 2.13. The van der Waals surface area contributed by atoms with Crippen LogP contribution in [-0.2, 0) is 16.0 Å². The zero-order valence-corrected chi connectivity index (χ0v) is 15.6. The number of benzene rings is 2. The molecular formula is C20H22O8. The molecule has 0 fully saturated rings. The van der Waals surface area contributed by atoms with Crippen molar-refractivity contribution in [2.45, 2.75) is 19.8 Å². The van der Waals surface area contributed by atoms with E-state index in [0.717, 1.165) is 6.07 Å². The zero-order valence-electron chi connectivity index (χ0n) is 15.6. The van der Waals surface area contributed by atoms with Crippen LogP contribution in [0, 0.1) is 0 Å². The summed E-state index contributed by atoms with van der Waals surface area (Å²) >= 11 is 0. The van der Waals surface area contributed by atoms with Crippen LogP contribution in [0.25, 0.3) is 0 Å². The van der Waals surface area contributed by atoms with E-state index in [-0.39, 0.29) is 65.1 Å². The van der Waals surface area contributed by atoms with Gasteiger partial charge in [0.15, 0.2) is 23.9 Å². The van der Waals surface area contributed by atoms with Gasteiger partial charge in [0, 0.05) is 29.7 Å². The molecule has 0 aromatic heterocycles. The lowest BCUT2D eigenvalue weighted by molar-refractivity contribution is -0.145. The maximum atomic E-state index is 12.4. The number of carbonyl (C=O) groups excluding carboxylic acids is 2. The molecule has 0 radical (unpaired) electrons. The predicted molar refractivity (Wildman–Crippen MR) is 99.2 cm³/mol. The van der Waals surface area contributed by atoms with Crippen molar-refractivity contribution in [3.05, 3.63) is 41.5 Å². The first kappa shape index (κ1) is 20.9. The second-order valence-corrected chi connectivity index (χ2v) is 5.85. The summed E-state index contributed by atoms with van der Waals surface area (Å²) in [5.41, 5.74) is 0.554. The molecular weight excluding hydrogens is 368 g/mol. The maximum Gasteiger partial charge on any atom is 0.344 e. The van der Waals surface area contributed by atoms with Gasteiger partial charge in [-0.25, -0.2) is 4.79 Å². The highest BCUT2D eigenvalue weighted by Crippen LogP contribution is 2.34. The summed E-state index contributed by atoms with van der Waals surface area (Å²) < 4.78 is 15.1. The minimum atomic E-state index is -0.596. The Hall–Kier alpha value is -3.42. The van der Waals surface area contributed by atoms with Gasteiger partial charge in [-0.3, -0.25) is 4.79 Å². The van der Waals surface area contributed by atoms with Crippen molar-refractivity contribution in [1.29, 1.82) is 0 Å². The number of Topliss-reactive ketones (excluding diaryl/α,β-unsaturated/α-hetero) is 1. The molecule has 8 nitrogen and oxygen atoms in total. The zero-order chi connectivity index (χ0) is 20.7. The smallest absolute Gasteiger partial charge is 0.344 e. The van der Waals surface area contributed by atoms with Crippen molar-refractivity contribution in [1.82, 2.24) is 0 Å². The van der Waals surface area contributed by atoms with Crippen molar-refractivity contribution in [3.63, 3.8) is 0 Å². The van der Waals surface area contributed by atoms with Crippen molar-refractivity contribution in [2.24, 2.45) is 0 Å². The summed E-state index contributed by atoms with van der Waals surface area (Å²) in [6, 6.07) is 6.68. The van der Waals surface area contributed by atoms with Crippen molar-refractivity contribution >= 4 is 11.8 Å². The van der Waals surface area contributed by atoms with Crippen LogP contribution in [-0.4, -0.2) is 47.4 Å². The van der Waals surface area contributed by atoms with E-state index in [1.54, 1.807) is 6.92 Å². The van der Waals surface area contributed by atoms with Gasteiger partial charge in [-0.05, 0) is 31.5 Å². The summed E-state index contributed by atoms with van der Waals surface area (Å²) in [5, 5.41) is 29.6. The highest BCUT2D eigenvalue weighted by atomic mass is 16.6. The van der Waals surface area contributed by atoms with Crippen LogP contribution < -0.4 is 9.47 Å². The van der Waals surface area contributed by atoms with Gasteiger partial charge in [0.05, 0.1) is 13.7 Å². The number of phenolic OH excluding ortho intramolecular Hbond substituents is 3. The van der Waals surface area contributed by atoms with E-state index in [9.17, 15) is 24.9 Å². The minimum Gasteiger partial charge on any atom is -0.508 e. The fraction of sp³-hybridized carbons (Fsp3) is 0.300. The Morgan fingerprint density at radius 1 is 1.00 bits per heavy atom. The topological polar surface area (TPSA) is 123 Å². The molecule has 0 unspecified atom stereocenters. The van der Waals surface area contributed by atoms with E-state index in [0.29, 0.717) is 0 Å². The Kier molecular flexibility index (Phi) is 7.08. The monoisotopic (exact) mass is 390 g/mol. The van der Waals surface area contributed by atoms with Gasteiger partial charge in [-0.1, -0.05) is 0 Å². The molecule has 0 aliphatic carbocycles. The highest BCUT2D eigenvalue weighted by Gasteiger charge is 2.17. The third-order valence-corrected chi connectivity index (χ3v) is 3.92. The quantitative estimate of drug-likeness (QED) is 0.441.